The van der Waals surface area contributed by atoms with E-state index in [4.69, 9.17) is 5.11 Å². The number of pyridine rings is 1. The number of carbonyl (C=O) groups is 1. The van der Waals surface area contributed by atoms with Gasteiger partial charge in [0.2, 0.25) is 0 Å². The van der Waals surface area contributed by atoms with Gasteiger partial charge in [-0.25, -0.2) is 18.3 Å². The Morgan fingerprint density at radius 3 is 2.56 bits per heavy atom. The third-order valence-electron chi connectivity index (χ3n) is 4.07. The van der Waals surface area contributed by atoms with Gasteiger partial charge >= 0.3 is 12.1 Å². The van der Waals surface area contributed by atoms with Crippen LogP contribution >= 0.6 is 0 Å². The van der Waals surface area contributed by atoms with E-state index >= 15 is 0 Å². The summed E-state index contributed by atoms with van der Waals surface area (Å²) >= 11 is 0. The number of aromatic carboxylic acids is 1. The summed E-state index contributed by atoms with van der Waals surface area (Å²) in [6.45, 7) is 0.616. The average molecular weight is 396 g/mol. The van der Waals surface area contributed by atoms with Gasteiger partial charge in [-0.1, -0.05) is 18.2 Å². The van der Waals surface area contributed by atoms with Crippen LogP contribution in [0, 0.1) is 0 Å². The quantitative estimate of drug-likeness (QED) is 0.857. The summed E-state index contributed by atoms with van der Waals surface area (Å²) in [6, 6.07) is 9.16. The maximum absolute atomic E-state index is 12.8. The standard InChI is InChI=1S/C18H15F3N2O3S/c19-18(20,21)13-3-1-4-14(11-13)27(26)23-9-7-12(8-10-23)15-5-2-6-16(22-15)17(24)25/h1-7,11H,8-10H2,(H,24,25). The number of nitrogens with zero attached hydrogens (tertiary/aromatic N) is 2. The highest BCUT2D eigenvalue weighted by molar-refractivity contribution is 7.82. The summed E-state index contributed by atoms with van der Waals surface area (Å²) in [7, 11) is -1.72. The minimum atomic E-state index is -4.49. The van der Waals surface area contributed by atoms with Crippen molar-refractivity contribution in [1.82, 2.24) is 9.29 Å². The van der Waals surface area contributed by atoms with E-state index in [1.807, 2.05) is 0 Å². The van der Waals surface area contributed by atoms with E-state index in [0.29, 0.717) is 18.7 Å². The van der Waals surface area contributed by atoms with Gasteiger partial charge in [0.1, 0.15) is 16.7 Å². The van der Waals surface area contributed by atoms with E-state index in [1.54, 1.807) is 22.5 Å². The number of halogens is 3. The molecule has 0 fully saturated rings. The lowest BCUT2D eigenvalue weighted by Gasteiger charge is -2.25. The molecule has 1 unspecified atom stereocenters. The highest BCUT2D eigenvalue weighted by atomic mass is 32.2. The Morgan fingerprint density at radius 1 is 1.19 bits per heavy atom. The SMILES string of the molecule is O=C(O)c1cccc(C2=CCN(S(=O)c3cccc(C(F)(F)F)c3)CC2)n1. The van der Waals surface area contributed by atoms with Crippen molar-refractivity contribution in [3.63, 3.8) is 0 Å². The van der Waals surface area contributed by atoms with E-state index in [1.165, 1.54) is 18.2 Å². The zero-order chi connectivity index (χ0) is 19.6. The molecule has 27 heavy (non-hydrogen) atoms. The second kappa shape index (κ2) is 7.61. The predicted octanol–water partition coefficient (Wildman–Crippen LogP) is 3.61. The molecule has 0 aliphatic carbocycles. The molecule has 2 heterocycles. The van der Waals surface area contributed by atoms with Crippen molar-refractivity contribution in [2.24, 2.45) is 0 Å². The van der Waals surface area contributed by atoms with E-state index < -0.39 is 28.7 Å². The molecular weight excluding hydrogens is 381 g/mol. The summed E-state index contributed by atoms with van der Waals surface area (Å²) < 4.78 is 52.7. The molecule has 142 valence electrons. The van der Waals surface area contributed by atoms with Crippen LogP contribution in [0.4, 0.5) is 13.2 Å². The lowest BCUT2D eigenvalue weighted by atomic mass is 10.1. The smallest absolute Gasteiger partial charge is 0.416 e. The topological polar surface area (TPSA) is 70.5 Å². The van der Waals surface area contributed by atoms with Crippen molar-refractivity contribution in [2.75, 3.05) is 13.1 Å². The van der Waals surface area contributed by atoms with Crippen molar-refractivity contribution >= 4 is 22.5 Å². The van der Waals surface area contributed by atoms with Crippen LogP contribution in [-0.2, 0) is 17.2 Å². The molecule has 0 bridgehead atoms. The Hall–Kier alpha value is -2.52. The van der Waals surface area contributed by atoms with E-state index in [0.717, 1.165) is 17.7 Å². The molecule has 1 N–H and O–H groups in total. The summed E-state index contributed by atoms with van der Waals surface area (Å²) in [5, 5.41) is 9.02. The molecule has 1 aromatic carbocycles. The van der Waals surface area contributed by atoms with Gasteiger partial charge in [-0.05, 0) is 42.3 Å². The molecule has 2 aromatic rings. The monoisotopic (exact) mass is 396 g/mol. The fraction of sp³-hybridized carbons (Fsp3) is 0.222. The third kappa shape index (κ3) is 4.42. The lowest BCUT2D eigenvalue weighted by Crippen LogP contribution is -2.30. The Balaban J connectivity index is 1.76. The molecule has 0 amide bonds. The second-order valence-corrected chi connectivity index (χ2v) is 7.34. The first-order valence-corrected chi connectivity index (χ1v) is 9.10. The number of hydrogen-bond donors (Lipinski definition) is 1. The molecule has 0 radical (unpaired) electrons. The fourth-order valence-electron chi connectivity index (χ4n) is 2.70. The normalized spacial score (nSPS) is 16.6. The number of carboxylic acids is 1. The molecule has 0 saturated heterocycles. The number of aromatic nitrogens is 1. The highest BCUT2D eigenvalue weighted by Crippen LogP contribution is 2.31. The molecule has 1 aromatic heterocycles. The number of benzene rings is 1. The third-order valence-corrected chi connectivity index (χ3v) is 5.52. The summed E-state index contributed by atoms with van der Waals surface area (Å²) in [6.07, 6.45) is -2.26. The zero-order valence-electron chi connectivity index (χ0n) is 13.9. The lowest BCUT2D eigenvalue weighted by molar-refractivity contribution is -0.137. The van der Waals surface area contributed by atoms with Gasteiger partial charge in [-0.15, -0.1) is 0 Å². The van der Waals surface area contributed by atoms with Crippen molar-refractivity contribution in [2.45, 2.75) is 17.5 Å². The van der Waals surface area contributed by atoms with Gasteiger partial charge in [-0.2, -0.15) is 13.2 Å². The minimum absolute atomic E-state index is 0.0663. The maximum Gasteiger partial charge on any atom is 0.416 e. The van der Waals surface area contributed by atoms with Gasteiger partial charge in [-0.3, -0.25) is 0 Å². The highest BCUT2D eigenvalue weighted by Gasteiger charge is 2.31. The number of hydrogen-bond acceptors (Lipinski definition) is 3. The molecule has 1 aliphatic rings. The Kier molecular flexibility index (Phi) is 5.43. The van der Waals surface area contributed by atoms with Crippen molar-refractivity contribution in [1.29, 1.82) is 0 Å². The van der Waals surface area contributed by atoms with E-state index in [2.05, 4.69) is 4.98 Å². The Bertz CT molecular complexity index is 928. The molecule has 0 saturated carbocycles. The Labute approximate surface area is 155 Å². The zero-order valence-corrected chi connectivity index (χ0v) is 14.8. The predicted molar refractivity (Wildman–Crippen MR) is 93.2 cm³/mol. The van der Waals surface area contributed by atoms with Crippen LogP contribution in [0.15, 0.2) is 53.4 Å². The second-order valence-electron chi connectivity index (χ2n) is 5.86. The number of alkyl halides is 3. The van der Waals surface area contributed by atoms with Crippen molar-refractivity contribution in [3.8, 4) is 0 Å². The molecule has 9 heteroatoms. The summed E-state index contributed by atoms with van der Waals surface area (Å²) in [5.41, 5.74) is 0.439. The van der Waals surface area contributed by atoms with E-state index in [-0.39, 0.29) is 17.1 Å². The van der Waals surface area contributed by atoms with Crippen molar-refractivity contribution in [3.05, 3.63) is 65.5 Å². The van der Waals surface area contributed by atoms with Gasteiger partial charge in [0.05, 0.1) is 16.2 Å². The van der Waals surface area contributed by atoms with Crippen LogP contribution in [0.2, 0.25) is 0 Å². The maximum atomic E-state index is 12.8. The van der Waals surface area contributed by atoms with Crippen LogP contribution in [0.25, 0.3) is 5.57 Å². The molecule has 5 nitrogen and oxygen atoms in total. The molecule has 0 spiro atoms. The van der Waals surface area contributed by atoms with Crippen LogP contribution < -0.4 is 0 Å². The fourth-order valence-corrected chi connectivity index (χ4v) is 3.88. The molecule has 1 aliphatic heterocycles. The van der Waals surface area contributed by atoms with Crippen LogP contribution in [0.3, 0.4) is 0 Å². The Morgan fingerprint density at radius 2 is 1.93 bits per heavy atom. The van der Waals surface area contributed by atoms with Gasteiger partial charge in [0.25, 0.3) is 0 Å². The molecule has 1 atom stereocenters. The van der Waals surface area contributed by atoms with Gasteiger partial charge in [0, 0.05) is 13.1 Å². The number of rotatable bonds is 4. The van der Waals surface area contributed by atoms with Crippen molar-refractivity contribution < 1.29 is 27.3 Å². The van der Waals surface area contributed by atoms with Crippen LogP contribution in [0.1, 0.15) is 28.2 Å². The summed E-state index contributed by atoms with van der Waals surface area (Å²) in [5.74, 6) is -1.12. The first-order chi connectivity index (χ1) is 12.8. The van der Waals surface area contributed by atoms with Gasteiger partial charge < -0.3 is 5.11 Å². The van der Waals surface area contributed by atoms with Crippen LogP contribution in [0.5, 0.6) is 0 Å². The minimum Gasteiger partial charge on any atom is -0.477 e. The van der Waals surface area contributed by atoms with E-state index in [9.17, 15) is 22.2 Å². The summed E-state index contributed by atoms with van der Waals surface area (Å²) in [4.78, 5) is 15.2. The first kappa shape index (κ1) is 19.2. The molecular formula is C18H15F3N2O3S. The number of carboxylic acid groups (broad SMARTS) is 1. The molecule has 3 rings (SSSR count). The van der Waals surface area contributed by atoms with Gasteiger partial charge in [0.15, 0.2) is 0 Å². The first-order valence-electron chi connectivity index (χ1n) is 7.99. The average Bonchev–Trinajstić information content (AvgIpc) is 2.67. The van der Waals surface area contributed by atoms with Crippen LogP contribution in [-0.4, -0.2) is 37.7 Å². The largest absolute Gasteiger partial charge is 0.477 e.